The molecule has 2 aliphatic carbocycles. The Morgan fingerprint density at radius 2 is 1.64 bits per heavy atom. The van der Waals surface area contributed by atoms with E-state index in [-0.39, 0.29) is 23.9 Å². The third-order valence-electron chi connectivity index (χ3n) is 8.73. The monoisotopic (exact) mass is 571 g/mol. The number of amides is 2. The van der Waals surface area contributed by atoms with Gasteiger partial charge in [0.25, 0.3) is 0 Å². The summed E-state index contributed by atoms with van der Waals surface area (Å²) in [5.41, 5.74) is 9.64. The standard InChI is InChI=1S/C33H41N5O4/c1-21(2)38(31(40)41)26-15-9-22(10-16-26)17-29(39)35-28-18-27(23-7-5-4-6-8-23)30(37-36-28)24-11-13-25(14-12-24)33(34)19-32(3,42)20-33/h4-8,11-14,18,21-22,26,42H,9-10,15-17,19-20,34H2,1-3H3,(H,40,41)(H,35,36,39)/t22-,26-,32-,33-. The number of aromatic nitrogens is 2. The zero-order valence-electron chi connectivity index (χ0n) is 24.6. The molecule has 3 aromatic rings. The Bertz CT molecular complexity index is 1410. The number of nitrogens with zero attached hydrogens (tertiary/aromatic N) is 3. The summed E-state index contributed by atoms with van der Waals surface area (Å²) in [4.78, 5) is 26.2. The molecule has 2 aliphatic rings. The van der Waals surface area contributed by atoms with Crippen molar-refractivity contribution >= 4 is 17.8 Å². The summed E-state index contributed by atoms with van der Waals surface area (Å²) in [7, 11) is 0. The molecule has 0 aliphatic heterocycles. The molecular formula is C33H41N5O4. The Morgan fingerprint density at radius 3 is 2.21 bits per heavy atom. The quantitative estimate of drug-likeness (QED) is 0.268. The van der Waals surface area contributed by atoms with E-state index in [2.05, 4.69) is 15.5 Å². The van der Waals surface area contributed by atoms with E-state index < -0.39 is 17.2 Å². The van der Waals surface area contributed by atoms with Gasteiger partial charge in [0.05, 0.1) is 5.60 Å². The summed E-state index contributed by atoms with van der Waals surface area (Å²) < 4.78 is 0. The van der Waals surface area contributed by atoms with Crippen LogP contribution in [0, 0.1) is 5.92 Å². The van der Waals surface area contributed by atoms with Gasteiger partial charge in [-0.25, -0.2) is 4.79 Å². The van der Waals surface area contributed by atoms with Gasteiger partial charge in [-0.3, -0.25) is 4.79 Å². The Balaban J connectivity index is 1.28. The van der Waals surface area contributed by atoms with E-state index in [1.54, 1.807) is 0 Å². The minimum absolute atomic E-state index is 0.00158. The van der Waals surface area contributed by atoms with E-state index in [9.17, 15) is 19.8 Å². The molecule has 42 heavy (non-hydrogen) atoms. The lowest BCUT2D eigenvalue weighted by Gasteiger charge is -2.49. The highest BCUT2D eigenvalue weighted by molar-refractivity contribution is 5.91. The molecule has 5 rings (SSSR count). The summed E-state index contributed by atoms with van der Waals surface area (Å²) >= 11 is 0. The van der Waals surface area contributed by atoms with E-state index >= 15 is 0 Å². The first kappa shape index (κ1) is 29.7. The van der Waals surface area contributed by atoms with Crippen molar-refractivity contribution in [3.05, 3.63) is 66.2 Å². The van der Waals surface area contributed by atoms with Gasteiger partial charge in [0.15, 0.2) is 5.82 Å². The molecule has 0 unspecified atom stereocenters. The molecule has 2 aromatic carbocycles. The molecule has 2 amide bonds. The number of hydrogen-bond donors (Lipinski definition) is 4. The zero-order chi connectivity index (χ0) is 30.1. The van der Waals surface area contributed by atoms with E-state index in [0.29, 0.717) is 30.8 Å². The van der Waals surface area contributed by atoms with Gasteiger partial charge in [-0.05, 0) is 82.4 Å². The van der Waals surface area contributed by atoms with Crippen LogP contribution in [0.4, 0.5) is 10.6 Å². The van der Waals surface area contributed by atoms with E-state index in [1.807, 2.05) is 81.4 Å². The minimum Gasteiger partial charge on any atom is -0.465 e. The highest BCUT2D eigenvalue weighted by atomic mass is 16.4. The number of carbonyl (C=O) groups is 2. The van der Waals surface area contributed by atoms with Gasteiger partial charge >= 0.3 is 6.09 Å². The maximum atomic E-state index is 13.0. The largest absolute Gasteiger partial charge is 0.465 e. The molecule has 2 fully saturated rings. The fourth-order valence-corrected chi connectivity index (χ4v) is 6.86. The molecule has 5 N–H and O–H groups in total. The van der Waals surface area contributed by atoms with Crippen molar-refractivity contribution in [1.82, 2.24) is 15.1 Å². The lowest BCUT2D eigenvalue weighted by atomic mass is 9.63. The number of nitrogens with two attached hydrogens (primary N) is 1. The van der Waals surface area contributed by atoms with Crippen molar-refractivity contribution in [1.29, 1.82) is 0 Å². The van der Waals surface area contributed by atoms with Crippen molar-refractivity contribution in [3.63, 3.8) is 0 Å². The summed E-state index contributed by atoms with van der Waals surface area (Å²) in [5.74, 6) is 0.475. The van der Waals surface area contributed by atoms with Crippen molar-refractivity contribution < 1.29 is 19.8 Å². The van der Waals surface area contributed by atoms with Gasteiger partial charge in [0, 0.05) is 35.2 Å². The van der Waals surface area contributed by atoms with E-state index in [0.717, 1.165) is 47.9 Å². The third kappa shape index (κ3) is 6.47. The van der Waals surface area contributed by atoms with Crippen molar-refractivity contribution in [2.24, 2.45) is 11.7 Å². The number of rotatable bonds is 8. The molecule has 9 heteroatoms. The lowest BCUT2D eigenvalue weighted by Crippen LogP contribution is -2.58. The topological polar surface area (TPSA) is 142 Å². The van der Waals surface area contributed by atoms with Gasteiger partial charge in [-0.2, -0.15) is 0 Å². The third-order valence-corrected chi connectivity index (χ3v) is 8.73. The summed E-state index contributed by atoms with van der Waals surface area (Å²) in [6.45, 7) is 5.60. The van der Waals surface area contributed by atoms with Crippen molar-refractivity contribution in [2.45, 2.75) is 88.9 Å². The second kappa shape index (κ2) is 11.8. The maximum Gasteiger partial charge on any atom is 0.407 e. The van der Waals surface area contributed by atoms with Gasteiger partial charge in [-0.1, -0.05) is 54.6 Å². The number of carboxylic acid groups (broad SMARTS) is 1. The second-order valence-electron chi connectivity index (χ2n) is 12.7. The average Bonchev–Trinajstić information content (AvgIpc) is 2.93. The minimum atomic E-state index is -0.880. The van der Waals surface area contributed by atoms with Gasteiger partial charge in [-0.15, -0.1) is 10.2 Å². The molecular weight excluding hydrogens is 530 g/mol. The summed E-state index contributed by atoms with van der Waals surface area (Å²) in [5, 5.41) is 31.6. The van der Waals surface area contributed by atoms with Crippen LogP contribution in [0.25, 0.3) is 22.4 Å². The van der Waals surface area contributed by atoms with Crippen LogP contribution in [0.3, 0.4) is 0 Å². The number of nitrogens with one attached hydrogen (secondary N) is 1. The molecule has 9 nitrogen and oxygen atoms in total. The molecule has 0 spiro atoms. The molecule has 0 saturated heterocycles. The maximum absolute atomic E-state index is 13.0. The fourth-order valence-electron chi connectivity index (χ4n) is 6.86. The Labute approximate surface area is 247 Å². The molecule has 0 radical (unpaired) electrons. The summed E-state index contributed by atoms with van der Waals surface area (Å²) in [6.07, 6.45) is 3.66. The van der Waals surface area contributed by atoms with Crippen molar-refractivity contribution in [2.75, 3.05) is 5.32 Å². The normalized spacial score (nSPS) is 25.5. The molecule has 0 atom stereocenters. The number of hydrogen-bond acceptors (Lipinski definition) is 6. The second-order valence-corrected chi connectivity index (χ2v) is 12.7. The van der Waals surface area contributed by atoms with Crippen LogP contribution < -0.4 is 11.1 Å². The SMILES string of the molecule is CC(C)N(C(=O)O)[C@H]1CC[C@H](CC(=O)Nc2cc(-c3ccccc3)c(-c3ccc([C@]4(N)C[C@](C)(O)C4)cc3)nn2)CC1. The average molecular weight is 572 g/mol. The van der Waals surface area contributed by atoms with Crippen LogP contribution in [0.5, 0.6) is 0 Å². The molecule has 222 valence electrons. The summed E-state index contributed by atoms with van der Waals surface area (Å²) in [6, 6.07) is 19.6. The number of anilines is 1. The molecule has 1 heterocycles. The number of aliphatic hydroxyl groups is 1. The highest BCUT2D eigenvalue weighted by Crippen LogP contribution is 2.46. The first-order chi connectivity index (χ1) is 19.9. The fraction of sp³-hybridized carbons (Fsp3) is 0.455. The van der Waals surface area contributed by atoms with Crippen LogP contribution in [-0.2, 0) is 10.3 Å². The van der Waals surface area contributed by atoms with E-state index in [1.165, 1.54) is 4.90 Å². The molecule has 1 aromatic heterocycles. The smallest absolute Gasteiger partial charge is 0.407 e. The van der Waals surface area contributed by atoms with Gasteiger partial charge in [0.1, 0.15) is 5.69 Å². The van der Waals surface area contributed by atoms with Gasteiger partial charge in [0.2, 0.25) is 5.91 Å². The van der Waals surface area contributed by atoms with E-state index in [4.69, 9.17) is 5.73 Å². The Hall–Kier alpha value is -3.82. The van der Waals surface area contributed by atoms with Crippen LogP contribution in [-0.4, -0.2) is 55.0 Å². The number of benzene rings is 2. The molecule has 2 saturated carbocycles. The predicted octanol–water partition coefficient (Wildman–Crippen LogP) is 5.79. The van der Waals surface area contributed by atoms with Crippen LogP contribution >= 0.6 is 0 Å². The Kier molecular flexibility index (Phi) is 8.35. The first-order valence-corrected chi connectivity index (χ1v) is 14.8. The van der Waals surface area contributed by atoms with Gasteiger partial charge < -0.3 is 26.2 Å². The number of carbonyl (C=O) groups excluding carboxylic acids is 1. The zero-order valence-corrected chi connectivity index (χ0v) is 24.6. The highest BCUT2D eigenvalue weighted by Gasteiger charge is 2.49. The van der Waals surface area contributed by atoms with Crippen LogP contribution in [0.2, 0.25) is 0 Å². The van der Waals surface area contributed by atoms with Crippen LogP contribution in [0.15, 0.2) is 60.7 Å². The Morgan fingerprint density at radius 1 is 1.00 bits per heavy atom. The predicted molar refractivity (Wildman–Crippen MR) is 163 cm³/mol. The first-order valence-electron chi connectivity index (χ1n) is 14.8. The van der Waals surface area contributed by atoms with Crippen molar-refractivity contribution in [3.8, 4) is 22.4 Å². The molecule has 0 bridgehead atoms. The lowest BCUT2D eigenvalue weighted by molar-refractivity contribution is -0.117. The van der Waals surface area contributed by atoms with Crippen LogP contribution in [0.1, 0.15) is 71.3 Å².